The number of rotatable bonds is 0. The second kappa shape index (κ2) is 3.13. The lowest BCUT2D eigenvalue weighted by Crippen LogP contribution is -1.88. The highest BCUT2D eigenvalue weighted by molar-refractivity contribution is 5.89. The molecule has 2 aromatic rings. The summed E-state index contributed by atoms with van der Waals surface area (Å²) in [5, 5.41) is 2.61. The normalized spacial score (nSPS) is 10.9. The third-order valence-electron chi connectivity index (χ3n) is 2.89. The molecule has 0 saturated carbocycles. The zero-order valence-electron chi connectivity index (χ0n) is 9.23. The first-order valence-electron chi connectivity index (χ1n) is 4.98. The molecule has 2 rings (SSSR count). The molecule has 1 radical (unpaired) electrons. The Hall–Kier alpha value is -1.30. The van der Waals surface area contributed by atoms with Gasteiger partial charge < -0.3 is 0 Å². The Morgan fingerprint density at radius 2 is 1.64 bits per heavy atom. The van der Waals surface area contributed by atoms with E-state index in [9.17, 15) is 0 Å². The van der Waals surface area contributed by atoms with E-state index in [1.165, 1.54) is 33.0 Å². The summed E-state index contributed by atoms with van der Waals surface area (Å²) >= 11 is 0. The van der Waals surface area contributed by atoms with Crippen LogP contribution in [0.4, 0.5) is 0 Å². The van der Waals surface area contributed by atoms with Gasteiger partial charge in [-0.05, 0) is 61.2 Å². The van der Waals surface area contributed by atoms with Crippen LogP contribution in [0.25, 0.3) is 10.8 Å². The van der Waals surface area contributed by atoms with Crippen LogP contribution in [0, 0.1) is 33.8 Å². The quantitative estimate of drug-likeness (QED) is 0.581. The zero-order chi connectivity index (χ0) is 10.3. The zero-order valence-corrected chi connectivity index (χ0v) is 9.23. The summed E-state index contributed by atoms with van der Waals surface area (Å²) < 4.78 is 0. The van der Waals surface area contributed by atoms with Gasteiger partial charge in [-0.3, -0.25) is 0 Å². The summed E-state index contributed by atoms with van der Waals surface area (Å²) in [5.41, 5.74) is 5.38. The van der Waals surface area contributed by atoms with Crippen molar-refractivity contribution >= 4 is 10.8 Å². The summed E-state index contributed by atoms with van der Waals surface area (Å²) in [6, 6.07) is 9.86. The van der Waals surface area contributed by atoms with E-state index >= 15 is 0 Å². The minimum absolute atomic E-state index is 1.24. The van der Waals surface area contributed by atoms with Crippen molar-refractivity contribution in [1.82, 2.24) is 0 Å². The van der Waals surface area contributed by atoms with Crippen LogP contribution >= 0.6 is 0 Å². The summed E-state index contributed by atoms with van der Waals surface area (Å²) in [7, 11) is 0. The lowest BCUT2D eigenvalue weighted by molar-refractivity contribution is 1.34. The molecule has 0 heterocycles. The number of fused-ring (bicyclic) bond motifs is 1. The van der Waals surface area contributed by atoms with Gasteiger partial charge in [-0.15, -0.1) is 0 Å². The van der Waals surface area contributed by atoms with Gasteiger partial charge in [0.05, 0.1) is 0 Å². The van der Waals surface area contributed by atoms with Crippen molar-refractivity contribution in [2.75, 3.05) is 0 Å². The van der Waals surface area contributed by atoms with E-state index in [-0.39, 0.29) is 0 Å². The minimum atomic E-state index is 1.24. The third kappa shape index (κ3) is 1.31. The lowest BCUT2D eigenvalue weighted by Gasteiger charge is -2.09. The molecule has 0 aliphatic rings. The predicted octanol–water partition coefficient (Wildman–Crippen LogP) is 3.87. The molecule has 0 spiro atoms. The Kier molecular flexibility index (Phi) is 2.07. The van der Waals surface area contributed by atoms with Crippen LogP contribution < -0.4 is 0 Å². The molecule has 0 aliphatic carbocycles. The maximum absolute atomic E-state index is 3.34. The number of hydrogen-bond donors (Lipinski definition) is 0. The van der Waals surface area contributed by atoms with E-state index in [2.05, 4.69) is 52.0 Å². The van der Waals surface area contributed by atoms with Gasteiger partial charge in [-0.25, -0.2) is 0 Å². The van der Waals surface area contributed by atoms with Gasteiger partial charge in [0.25, 0.3) is 0 Å². The van der Waals surface area contributed by atoms with Crippen LogP contribution in [0.1, 0.15) is 22.3 Å². The van der Waals surface area contributed by atoms with Crippen LogP contribution in [0.15, 0.2) is 18.2 Å². The second-order valence-electron chi connectivity index (χ2n) is 4.10. The molecule has 0 fully saturated rings. The van der Waals surface area contributed by atoms with Crippen molar-refractivity contribution in [3.05, 3.63) is 46.5 Å². The number of hydrogen-bond acceptors (Lipinski definition) is 0. The van der Waals surface area contributed by atoms with Crippen LogP contribution in [0.5, 0.6) is 0 Å². The maximum Gasteiger partial charge on any atom is -0.00960 e. The van der Waals surface area contributed by atoms with E-state index in [4.69, 9.17) is 0 Å². The molecule has 2 aromatic carbocycles. The van der Waals surface area contributed by atoms with Gasteiger partial charge in [-0.1, -0.05) is 23.8 Å². The Morgan fingerprint density at radius 3 is 2.36 bits per heavy atom. The molecule has 0 unspecified atom stereocenters. The maximum atomic E-state index is 3.34. The van der Waals surface area contributed by atoms with Gasteiger partial charge >= 0.3 is 0 Å². The van der Waals surface area contributed by atoms with Crippen molar-refractivity contribution in [3.63, 3.8) is 0 Å². The molecular weight excluding hydrogens is 168 g/mol. The predicted molar refractivity (Wildman–Crippen MR) is 61.7 cm³/mol. The average Bonchev–Trinajstić information content (AvgIpc) is 2.10. The van der Waals surface area contributed by atoms with E-state index in [0.29, 0.717) is 0 Å². The summed E-state index contributed by atoms with van der Waals surface area (Å²) in [6.07, 6.45) is 0. The van der Waals surface area contributed by atoms with Crippen LogP contribution in [-0.2, 0) is 0 Å². The molecule has 0 heteroatoms. The van der Waals surface area contributed by atoms with Crippen LogP contribution in [0.3, 0.4) is 0 Å². The molecule has 0 amide bonds. The van der Waals surface area contributed by atoms with Gasteiger partial charge in [0, 0.05) is 0 Å². The van der Waals surface area contributed by atoms with Gasteiger partial charge in [0.2, 0.25) is 0 Å². The summed E-state index contributed by atoms with van der Waals surface area (Å²) in [6.45, 7) is 8.64. The van der Waals surface area contributed by atoms with E-state index in [1.54, 1.807) is 0 Å². The largest absolute Gasteiger partial charge is 0.0557 e. The van der Waals surface area contributed by atoms with Gasteiger partial charge in [-0.2, -0.15) is 0 Å². The van der Waals surface area contributed by atoms with Gasteiger partial charge in [0.1, 0.15) is 0 Å². The third-order valence-corrected chi connectivity index (χ3v) is 2.89. The van der Waals surface area contributed by atoms with Crippen LogP contribution in [-0.4, -0.2) is 0 Å². The second-order valence-corrected chi connectivity index (χ2v) is 4.10. The Bertz CT molecular complexity index is 493. The highest BCUT2D eigenvalue weighted by Crippen LogP contribution is 2.25. The minimum Gasteiger partial charge on any atom is -0.0557 e. The van der Waals surface area contributed by atoms with E-state index in [0.717, 1.165) is 0 Å². The van der Waals surface area contributed by atoms with Crippen molar-refractivity contribution in [3.8, 4) is 0 Å². The number of aryl methyl sites for hydroxylation is 4. The molecule has 0 nitrogen and oxygen atoms in total. The highest BCUT2D eigenvalue weighted by Gasteiger charge is 2.03. The summed E-state index contributed by atoms with van der Waals surface area (Å²) in [5.74, 6) is 0. The standard InChI is InChI=1S/C14H15/c1-9-7-11(3)14-12(4)10(2)5-6-13(14)8-9/h5,7-8H,1-4H3. The Morgan fingerprint density at radius 1 is 0.929 bits per heavy atom. The molecule has 0 bridgehead atoms. The van der Waals surface area contributed by atoms with Crippen molar-refractivity contribution in [2.45, 2.75) is 27.7 Å². The van der Waals surface area contributed by atoms with E-state index < -0.39 is 0 Å². The SMILES string of the molecule is Cc1cc(C)c2c(C)c(C)c[c]c2c1. The first kappa shape index (κ1) is 9.26. The van der Waals surface area contributed by atoms with Crippen LogP contribution in [0.2, 0.25) is 0 Å². The smallest absolute Gasteiger partial charge is 0.00960 e. The first-order valence-corrected chi connectivity index (χ1v) is 4.98. The fourth-order valence-electron chi connectivity index (χ4n) is 2.07. The molecular formula is C14H15. The fourth-order valence-corrected chi connectivity index (χ4v) is 2.07. The molecule has 0 aliphatic heterocycles. The molecule has 71 valence electrons. The highest BCUT2D eigenvalue weighted by atomic mass is 14.1. The molecule has 0 saturated heterocycles. The van der Waals surface area contributed by atoms with Crippen molar-refractivity contribution < 1.29 is 0 Å². The molecule has 14 heavy (non-hydrogen) atoms. The average molecular weight is 183 g/mol. The Labute approximate surface area is 85.6 Å². The lowest BCUT2D eigenvalue weighted by atomic mass is 9.95. The topological polar surface area (TPSA) is 0 Å². The van der Waals surface area contributed by atoms with Crippen molar-refractivity contribution in [2.24, 2.45) is 0 Å². The van der Waals surface area contributed by atoms with E-state index in [1.807, 2.05) is 0 Å². The number of benzene rings is 2. The first-order chi connectivity index (χ1) is 6.59. The van der Waals surface area contributed by atoms with Gasteiger partial charge in [0.15, 0.2) is 0 Å². The Balaban J connectivity index is 2.95. The molecule has 0 atom stereocenters. The molecule has 0 aromatic heterocycles. The molecule has 0 N–H and O–H groups in total. The monoisotopic (exact) mass is 183 g/mol. The van der Waals surface area contributed by atoms with Crippen molar-refractivity contribution in [1.29, 1.82) is 0 Å². The summed E-state index contributed by atoms with van der Waals surface area (Å²) in [4.78, 5) is 0. The fraction of sp³-hybridized carbons (Fsp3) is 0.286.